The molecule has 1 aromatic rings. The Kier molecular flexibility index (Phi) is 2.05. The minimum Gasteiger partial charge on any atom is -0.295 e. The van der Waals surface area contributed by atoms with E-state index in [2.05, 4.69) is 24.4 Å². The van der Waals surface area contributed by atoms with E-state index >= 15 is 0 Å². The monoisotopic (exact) mass is 195 g/mol. The van der Waals surface area contributed by atoms with E-state index in [0.717, 1.165) is 23.0 Å². The fourth-order valence-electron chi connectivity index (χ4n) is 1.04. The summed E-state index contributed by atoms with van der Waals surface area (Å²) in [5.74, 6) is 1.52. The molecule has 1 aliphatic rings. The molecule has 2 N–H and O–H groups in total. The van der Waals surface area contributed by atoms with E-state index in [4.69, 9.17) is 0 Å². The van der Waals surface area contributed by atoms with E-state index in [1.165, 1.54) is 12.1 Å². The van der Waals surface area contributed by atoms with Gasteiger partial charge in [-0.25, -0.2) is 9.97 Å². The number of aryl methyl sites for hydroxylation is 1. The fraction of sp³-hybridized carbons (Fsp3) is 0.286. The van der Waals surface area contributed by atoms with Crippen LogP contribution in [0, 0.1) is 6.92 Å². The standard InChI is InChI=1S/C7H9N5S/c1-4-3-9-7-5(10-4)6(8-2)11-13-12-7/h3H,1-2H3,(H,8,11)(H,9,12). The maximum absolute atomic E-state index is 4.33. The van der Waals surface area contributed by atoms with Crippen LogP contribution in [0.3, 0.4) is 0 Å². The maximum Gasteiger partial charge on any atom is 0.167 e. The van der Waals surface area contributed by atoms with Crippen molar-refractivity contribution in [1.82, 2.24) is 14.7 Å². The highest BCUT2D eigenvalue weighted by molar-refractivity contribution is 7.99. The summed E-state index contributed by atoms with van der Waals surface area (Å²) in [7, 11) is 1.72. The molecule has 2 heterocycles. The van der Waals surface area contributed by atoms with Crippen molar-refractivity contribution >= 4 is 23.8 Å². The second-order valence-electron chi connectivity index (χ2n) is 2.59. The van der Waals surface area contributed by atoms with Crippen LogP contribution in [0.2, 0.25) is 0 Å². The predicted molar refractivity (Wildman–Crippen MR) is 53.6 cm³/mol. The SMILES string of the molecule is CN=C1NSNc2ncc(C)nc21. The number of aliphatic imine (C=N–C) groups is 1. The average Bonchev–Trinajstić information content (AvgIpc) is 2.17. The second-order valence-corrected chi connectivity index (χ2v) is 3.20. The molecule has 0 fully saturated rings. The number of rotatable bonds is 0. The molecular weight excluding hydrogens is 186 g/mol. The molecule has 0 bridgehead atoms. The molecule has 2 rings (SSSR count). The normalized spacial score (nSPS) is 17.5. The summed E-state index contributed by atoms with van der Waals surface area (Å²) in [6, 6.07) is 0. The Morgan fingerprint density at radius 1 is 1.46 bits per heavy atom. The van der Waals surface area contributed by atoms with Gasteiger partial charge in [-0.3, -0.25) is 14.4 Å². The first kappa shape index (κ1) is 8.31. The first-order valence-corrected chi connectivity index (χ1v) is 4.61. The number of hydrogen-bond donors (Lipinski definition) is 2. The van der Waals surface area contributed by atoms with Crippen molar-refractivity contribution in [3.05, 3.63) is 17.6 Å². The highest BCUT2D eigenvalue weighted by atomic mass is 32.2. The van der Waals surface area contributed by atoms with E-state index in [-0.39, 0.29) is 0 Å². The summed E-state index contributed by atoms with van der Waals surface area (Å²) in [6.45, 7) is 1.91. The summed E-state index contributed by atoms with van der Waals surface area (Å²) in [5, 5.41) is 0. The van der Waals surface area contributed by atoms with E-state index in [0.29, 0.717) is 0 Å². The van der Waals surface area contributed by atoms with Gasteiger partial charge in [0.05, 0.1) is 24.0 Å². The van der Waals surface area contributed by atoms with Gasteiger partial charge in [0, 0.05) is 7.05 Å². The molecule has 6 heteroatoms. The number of amidine groups is 1. The van der Waals surface area contributed by atoms with E-state index < -0.39 is 0 Å². The molecule has 0 saturated heterocycles. The highest BCUT2D eigenvalue weighted by Gasteiger charge is 2.17. The van der Waals surface area contributed by atoms with Crippen molar-refractivity contribution in [2.45, 2.75) is 6.92 Å². The third kappa shape index (κ3) is 1.44. The third-order valence-electron chi connectivity index (χ3n) is 1.64. The maximum atomic E-state index is 4.33. The van der Waals surface area contributed by atoms with Crippen LogP contribution >= 0.6 is 12.1 Å². The van der Waals surface area contributed by atoms with Gasteiger partial charge in [-0.1, -0.05) is 0 Å². The topological polar surface area (TPSA) is 62.2 Å². The van der Waals surface area contributed by atoms with Crippen LogP contribution in [0.4, 0.5) is 5.82 Å². The zero-order chi connectivity index (χ0) is 9.26. The van der Waals surface area contributed by atoms with E-state index in [1.54, 1.807) is 13.2 Å². The van der Waals surface area contributed by atoms with Crippen molar-refractivity contribution in [2.24, 2.45) is 4.99 Å². The van der Waals surface area contributed by atoms with Gasteiger partial charge in [0.25, 0.3) is 0 Å². The molecule has 1 aliphatic heterocycles. The largest absolute Gasteiger partial charge is 0.295 e. The third-order valence-corrected chi connectivity index (χ3v) is 2.23. The molecule has 0 aromatic carbocycles. The van der Waals surface area contributed by atoms with Gasteiger partial charge in [-0.2, -0.15) is 0 Å². The van der Waals surface area contributed by atoms with Gasteiger partial charge in [-0.05, 0) is 6.92 Å². The zero-order valence-corrected chi connectivity index (χ0v) is 8.14. The molecule has 5 nitrogen and oxygen atoms in total. The molecule has 68 valence electrons. The molecule has 0 saturated carbocycles. The minimum absolute atomic E-state index is 0.759. The van der Waals surface area contributed by atoms with Crippen molar-refractivity contribution in [3.8, 4) is 0 Å². The molecule has 0 spiro atoms. The van der Waals surface area contributed by atoms with Crippen LogP contribution in [0.15, 0.2) is 11.2 Å². The Labute approximate surface area is 80.3 Å². The van der Waals surface area contributed by atoms with Crippen LogP contribution in [0.5, 0.6) is 0 Å². The van der Waals surface area contributed by atoms with Gasteiger partial charge in [0.1, 0.15) is 5.69 Å². The number of anilines is 1. The smallest absolute Gasteiger partial charge is 0.167 e. The van der Waals surface area contributed by atoms with Crippen molar-refractivity contribution in [2.75, 3.05) is 11.8 Å². The van der Waals surface area contributed by atoms with Crippen molar-refractivity contribution in [1.29, 1.82) is 0 Å². The zero-order valence-electron chi connectivity index (χ0n) is 7.33. The Morgan fingerprint density at radius 2 is 2.31 bits per heavy atom. The first-order valence-electron chi connectivity index (χ1n) is 3.80. The highest BCUT2D eigenvalue weighted by Crippen LogP contribution is 2.18. The second kappa shape index (κ2) is 3.21. The molecule has 1 aromatic heterocycles. The van der Waals surface area contributed by atoms with Gasteiger partial charge < -0.3 is 0 Å². The quantitative estimate of drug-likeness (QED) is 0.598. The summed E-state index contributed by atoms with van der Waals surface area (Å²) in [6.07, 6.45) is 1.73. The minimum atomic E-state index is 0.759. The molecular formula is C7H9N5S. The summed E-state index contributed by atoms with van der Waals surface area (Å²) in [5.41, 5.74) is 1.66. The fourth-order valence-corrected chi connectivity index (χ4v) is 1.62. The lowest BCUT2D eigenvalue weighted by Gasteiger charge is -2.17. The van der Waals surface area contributed by atoms with Crippen LogP contribution in [0.25, 0.3) is 0 Å². The van der Waals surface area contributed by atoms with Gasteiger partial charge in [0.15, 0.2) is 11.7 Å². The van der Waals surface area contributed by atoms with Gasteiger partial charge >= 0.3 is 0 Å². The molecule has 13 heavy (non-hydrogen) atoms. The Balaban J connectivity index is 2.54. The number of aromatic nitrogens is 2. The lowest BCUT2D eigenvalue weighted by Crippen LogP contribution is -2.27. The van der Waals surface area contributed by atoms with Crippen molar-refractivity contribution in [3.63, 3.8) is 0 Å². The summed E-state index contributed by atoms with van der Waals surface area (Å²) >= 11 is 1.34. The number of nitrogens with zero attached hydrogens (tertiary/aromatic N) is 3. The summed E-state index contributed by atoms with van der Waals surface area (Å²) < 4.78 is 6.01. The lowest BCUT2D eigenvalue weighted by atomic mass is 10.3. The van der Waals surface area contributed by atoms with Gasteiger partial charge in [0.2, 0.25) is 0 Å². The first-order chi connectivity index (χ1) is 6.31. The van der Waals surface area contributed by atoms with Crippen LogP contribution < -0.4 is 9.44 Å². The molecule has 0 unspecified atom stereocenters. The number of nitrogens with one attached hydrogen (secondary N) is 2. The molecule has 0 radical (unpaired) electrons. The Hall–Kier alpha value is -1.30. The van der Waals surface area contributed by atoms with Crippen LogP contribution in [0.1, 0.15) is 11.4 Å². The molecule has 0 atom stereocenters. The Morgan fingerprint density at radius 3 is 3.08 bits per heavy atom. The number of fused-ring (bicyclic) bond motifs is 1. The van der Waals surface area contributed by atoms with Gasteiger partial charge in [-0.15, -0.1) is 0 Å². The summed E-state index contributed by atoms with van der Waals surface area (Å²) in [4.78, 5) is 12.6. The Bertz CT molecular complexity index is 362. The number of hydrogen-bond acceptors (Lipinski definition) is 5. The average molecular weight is 195 g/mol. The van der Waals surface area contributed by atoms with E-state index in [1.807, 2.05) is 6.92 Å². The van der Waals surface area contributed by atoms with E-state index in [9.17, 15) is 0 Å². The van der Waals surface area contributed by atoms with Crippen LogP contribution in [-0.2, 0) is 0 Å². The lowest BCUT2D eigenvalue weighted by molar-refractivity contribution is 1.09. The molecule has 0 aliphatic carbocycles. The molecule has 0 amide bonds. The predicted octanol–water partition coefficient (Wildman–Crippen LogP) is 0.740. The van der Waals surface area contributed by atoms with Crippen LogP contribution in [-0.4, -0.2) is 22.9 Å². The van der Waals surface area contributed by atoms with Crippen molar-refractivity contribution < 1.29 is 0 Å².